The van der Waals surface area contributed by atoms with E-state index >= 15 is 0 Å². The molecule has 2 unspecified atom stereocenters. The first-order chi connectivity index (χ1) is 27.2. The molecule has 0 spiro atoms. The van der Waals surface area contributed by atoms with Crippen LogP contribution in [0.2, 0.25) is 0 Å². The number of hydrogen-bond donors (Lipinski definition) is 3. The number of hydrogen-bond acceptors (Lipinski definition) is 9. The van der Waals surface area contributed by atoms with E-state index in [0.29, 0.717) is 25.7 Å². The summed E-state index contributed by atoms with van der Waals surface area (Å²) in [7, 11) is -4.41. The number of rotatable bonds is 39. The van der Waals surface area contributed by atoms with E-state index in [1.807, 2.05) is 55.5 Å². The third kappa shape index (κ3) is 39.6. The van der Waals surface area contributed by atoms with E-state index in [2.05, 4.69) is 31.2 Å². The lowest BCUT2D eigenvalue weighted by Gasteiger charge is -2.19. The minimum Gasteiger partial charge on any atom is -0.462 e. The van der Waals surface area contributed by atoms with E-state index in [1.54, 1.807) is 0 Å². The minimum absolute atomic E-state index is 0.0334. The number of nitrogens with two attached hydrogens (primary N) is 1. The smallest absolute Gasteiger partial charge is 0.462 e. The standard InChI is InChI=1S/C45H78NO9P/c1-3-5-7-8-9-10-11-12-13-14-15-16-20-23-26-29-32-36-44(48)52-40-43(41-54-56(50,51)53-39-38-46)55-45(49)37-33-30-27-24-21-18-17-19-22-25-28-31-35-42(47)34-6-4-2/h6,12-13,17-18,22,24-25,27-28,31,34,42-43,47H,3-5,7-11,14-16,19-21,23,26,29-30,32-33,35-41,46H2,1-2H3,(H,50,51)/b13-12-,18-17-,25-22-,27-24-,31-28+,34-6-/t42?,43-/m1/s1. The number of aliphatic hydroxyl groups is 1. The summed E-state index contributed by atoms with van der Waals surface area (Å²) in [6, 6.07) is 0. The molecule has 3 atom stereocenters. The molecule has 0 aromatic heterocycles. The molecule has 0 aliphatic carbocycles. The third-order valence-corrected chi connectivity index (χ3v) is 9.64. The van der Waals surface area contributed by atoms with Crippen molar-refractivity contribution < 1.29 is 42.7 Å². The van der Waals surface area contributed by atoms with Gasteiger partial charge in [0.05, 0.1) is 19.3 Å². The van der Waals surface area contributed by atoms with Crippen molar-refractivity contribution in [2.45, 2.75) is 174 Å². The van der Waals surface area contributed by atoms with Gasteiger partial charge in [0.1, 0.15) is 6.61 Å². The van der Waals surface area contributed by atoms with Gasteiger partial charge in [-0.05, 0) is 70.6 Å². The van der Waals surface area contributed by atoms with E-state index in [1.165, 1.54) is 64.2 Å². The number of phosphoric ester groups is 1. The van der Waals surface area contributed by atoms with Gasteiger partial charge in [0.25, 0.3) is 0 Å². The van der Waals surface area contributed by atoms with Gasteiger partial charge in [-0.2, -0.15) is 0 Å². The predicted octanol–water partition coefficient (Wildman–Crippen LogP) is 11.2. The normalized spacial score (nSPS) is 14.6. The molecule has 10 nitrogen and oxygen atoms in total. The predicted molar refractivity (Wildman–Crippen MR) is 230 cm³/mol. The molecule has 0 fully saturated rings. The lowest BCUT2D eigenvalue weighted by Crippen LogP contribution is -2.29. The summed E-state index contributed by atoms with van der Waals surface area (Å²) in [4.78, 5) is 34.8. The van der Waals surface area contributed by atoms with E-state index in [-0.39, 0.29) is 32.6 Å². The van der Waals surface area contributed by atoms with Gasteiger partial charge in [-0.1, -0.05) is 151 Å². The number of carbonyl (C=O) groups excluding carboxylic acids is 2. The van der Waals surface area contributed by atoms with Gasteiger partial charge in [0.2, 0.25) is 0 Å². The second-order valence-corrected chi connectivity index (χ2v) is 15.5. The maximum absolute atomic E-state index is 12.6. The van der Waals surface area contributed by atoms with Crippen molar-refractivity contribution in [3.8, 4) is 0 Å². The molecule has 0 aliphatic heterocycles. The Bertz CT molecular complexity index is 1160. The summed E-state index contributed by atoms with van der Waals surface area (Å²) in [5.74, 6) is -0.931. The number of carbonyl (C=O) groups is 2. The van der Waals surface area contributed by atoms with Crippen LogP contribution in [-0.4, -0.2) is 60.5 Å². The van der Waals surface area contributed by atoms with Crippen LogP contribution in [0.5, 0.6) is 0 Å². The number of ether oxygens (including phenoxy) is 2. The molecule has 0 saturated carbocycles. The number of unbranched alkanes of at least 4 members (excludes halogenated alkanes) is 14. The first-order valence-electron chi connectivity index (χ1n) is 21.5. The molecule has 0 radical (unpaired) electrons. The highest BCUT2D eigenvalue weighted by molar-refractivity contribution is 7.47. The van der Waals surface area contributed by atoms with Gasteiger partial charge in [0, 0.05) is 19.4 Å². The summed E-state index contributed by atoms with van der Waals surface area (Å²) in [5.41, 5.74) is 5.34. The second-order valence-electron chi connectivity index (χ2n) is 14.0. The van der Waals surface area contributed by atoms with Crippen LogP contribution in [0.1, 0.15) is 162 Å². The van der Waals surface area contributed by atoms with Crippen molar-refractivity contribution in [3.05, 3.63) is 72.9 Å². The van der Waals surface area contributed by atoms with Crippen molar-refractivity contribution in [2.24, 2.45) is 5.73 Å². The highest BCUT2D eigenvalue weighted by Gasteiger charge is 2.25. The Morgan fingerprint density at radius 3 is 1.86 bits per heavy atom. The Hall–Kier alpha value is -2.59. The molecular formula is C45H78NO9P. The first-order valence-corrected chi connectivity index (χ1v) is 23.0. The number of esters is 2. The van der Waals surface area contributed by atoms with Gasteiger partial charge >= 0.3 is 19.8 Å². The molecule has 0 amide bonds. The monoisotopic (exact) mass is 808 g/mol. The zero-order valence-electron chi connectivity index (χ0n) is 35.0. The van der Waals surface area contributed by atoms with Gasteiger partial charge in [-0.25, -0.2) is 4.57 Å². The fraction of sp³-hybridized carbons (Fsp3) is 0.689. The summed E-state index contributed by atoms with van der Waals surface area (Å²) >= 11 is 0. The van der Waals surface area contributed by atoms with Crippen molar-refractivity contribution in [3.63, 3.8) is 0 Å². The van der Waals surface area contributed by atoms with E-state index < -0.39 is 38.6 Å². The van der Waals surface area contributed by atoms with Crippen LogP contribution in [0.3, 0.4) is 0 Å². The molecule has 0 bridgehead atoms. The van der Waals surface area contributed by atoms with Crippen molar-refractivity contribution in [1.82, 2.24) is 0 Å². The number of allylic oxidation sites excluding steroid dienone is 10. The number of phosphoric acid groups is 1. The topological polar surface area (TPSA) is 155 Å². The van der Waals surface area contributed by atoms with Crippen LogP contribution in [0.25, 0.3) is 0 Å². The van der Waals surface area contributed by atoms with Gasteiger partial charge in [0.15, 0.2) is 6.10 Å². The highest BCUT2D eigenvalue weighted by Crippen LogP contribution is 2.43. The molecule has 0 aromatic carbocycles. The summed E-state index contributed by atoms with van der Waals surface area (Å²) in [6.45, 7) is 3.39. The summed E-state index contributed by atoms with van der Waals surface area (Å²) in [5, 5.41) is 9.76. The first kappa shape index (κ1) is 53.4. The second kappa shape index (κ2) is 40.6. The molecule has 0 heterocycles. The maximum Gasteiger partial charge on any atom is 0.472 e. The molecule has 56 heavy (non-hydrogen) atoms. The van der Waals surface area contributed by atoms with Crippen LogP contribution < -0.4 is 5.73 Å². The van der Waals surface area contributed by atoms with E-state index in [4.69, 9.17) is 24.3 Å². The molecule has 4 N–H and O–H groups in total. The van der Waals surface area contributed by atoms with Crippen molar-refractivity contribution in [1.29, 1.82) is 0 Å². The van der Waals surface area contributed by atoms with E-state index in [9.17, 15) is 24.2 Å². The molecule has 11 heteroatoms. The average molecular weight is 808 g/mol. The zero-order chi connectivity index (χ0) is 41.2. The Balaban J connectivity index is 4.30. The average Bonchev–Trinajstić information content (AvgIpc) is 3.18. The molecular weight excluding hydrogens is 729 g/mol. The van der Waals surface area contributed by atoms with Crippen LogP contribution >= 0.6 is 7.82 Å². The van der Waals surface area contributed by atoms with Crippen LogP contribution in [0.4, 0.5) is 0 Å². The van der Waals surface area contributed by atoms with Crippen LogP contribution in [0.15, 0.2) is 72.9 Å². The quantitative estimate of drug-likeness (QED) is 0.0180. The Morgan fingerprint density at radius 1 is 0.643 bits per heavy atom. The van der Waals surface area contributed by atoms with E-state index in [0.717, 1.165) is 44.9 Å². The Kier molecular flexibility index (Phi) is 38.7. The number of aliphatic hydroxyl groups excluding tert-OH is 1. The maximum atomic E-state index is 12.6. The lowest BCUT2D eigenvalue weighted by molar-refractivity contribution is -0.161. The minimum atomic E-state index is -4.41. The lowest BCUT2D eigenvalue weighted by atomic mass is 10.1. The Morgan fingerprint density at radius 2 is 1.20 bits per heavy atom. The SMILES string of the molecule is CC/C=C\C(O)C/C=C/C=C\C/C=C\C/C=C\CCCC(=O)O[C@H](COC(=O)CCCCCCCCC/C=C\CCCCCCCC)COP(=O)(O)OCCN. The molecule has 0 aromatic rings. The summed E-state index contributed by atoms with van der Waals surface area (Å²) in [6.07, 6.45) is 45.6. The molecule has 0 saturated heterocycles. The van der Waals surface area contributed by atoms with Gasteiger partial charge in [-0.3, -0.25) is 18.6 Å². The van der Waals surface area contributed by atoms with Gasteiger partial charge in [-0.15, -0.1) is 0 Å². The third-order valence-electron chi connectivity index (χ3n) is 8.65. The Labute approximate surface area is 340 Å². The molecule has 322 valence electrons. The van der Waals surface area contributed by atoms with Crippen LogP contribution in [0, 0.1) is 0 Å². The fourth-order valence-electron chi connectivity index (χ4n) is 5.45. The zero-order valence-corrected chi connectivity index (χ0v) is 35.8. The molecule has 0 aliphatic rings. The van der Waals surface area contributed by atoms with Crippen molar-refractivity contribution >= 4 is 19.8 Å². The highest BCUT2D eigenvalue weighted by atomic mass is 31.2. The van der Waals surface area contributed by atoms with Crippen molar-refractivity contribution in [2.75, 3.05) is 26.4 Å². The van der Waals surface area contributed by atoms with Gasteiger partial charge < -0.3 is 25.2 Å². The summed E-state index contributed by atoms with van der Waals surface area (Å²) < 4.78 is 32.7. The molecule has 0 rings (SSSR count). The fourth-order valence-corrected chi connectivity index (χ4v) is 6.21. The van der Waals surface area contributed by atoms with Crippen LogP contribution in [-0.2, 0) is 32.7 Å². The largest absolute Gasteiger partial charge is 0.472 e.